The molecule has 0 aromatic heterocycles. The van der Waals surface area contributed by atoms with E-state index in [1.54, 1.807) is 6.92 Å². The fourth-order valence-electron chi connectivity index (χ4n) is 4.13. The van der Waals surface area contributed by atoms with Crippen LogP contribution in [0, 0.1) is 6.92 Å². The Bertz CT molecular complexity index is 1210. The number of nitrogens with one attached hydrogen (secondary N) is 1. The van der Waals surface area contributed by atoms with Gasteiger partial charge in [-0.15, -0.1) is 0 Å². The molecule has 0 radical (unpaired) electrons. The minimum Gasteiger partial charge on any atom is -0.454 e. The average Bonchev–Trinajstić information content (AvgIpc) is 3.46. The molecule has 1 aliphatic carbocycles. The van der Waals surface area contributed by atoms with Gasteiger partial charge in [0.15, 0.2) is 17.3 Å². The van der Waals surface area contributed by atoms with E-state index in [1.165, 1.54) is 0 Å². The number of rotatable bonds is 5. The molecule has 2 aliphatic rings. The first-order valence-electron chi connectivity index (χ1n) is 10.4. The van der Waals surface area contributed by atoms with Gasteiger partial charge >= 0.3 is 0 Å². The maximum atomic E-state index is 13.2. The van der Waals surface area contributed by atoms with Gasteiger partial charge in [-0.25, -0.2) is 0 Å². The Balaban J connectivity index is 1.42. The summed E-state index contributed by atoms with van der Waals surface area (Å²) in [6.45, 7) is 3.80. The summed E-state index contributed by atoms with van der Waals surface area (Å²) >= 11 is 0. The standard InChI is InChI=1S/C26H23NO4/c1-16-6-8-21(14-22(16)19-5-3-4-18(12-19)17(2)28)27-25(29)26(10-11-26)20-7-9-23-24(13-20)31-15-30-23/h3-9,12-14H,10-11,15H2,1-2H3,(H,27,29). The monoisotopic (exact) mass is 413 g/mol. The quantitative estimate of drug-likeness (QED) is 0.579. The van der Waals surface area contributed by atoms with Crippen molar-refractivity contribution in [3.8, 4) is 22.6 Å². The second kappa shape index (κ2) is 7.27. The van der Waals surface area contributed by atoms with Crippen molar-refractivity contribution in [2.45, 2.75) is 32.1 Å². The lowest BCUT2D eigenvalue weighted by atomic mass is 9.94. The number of hydrogen-bond donors (Lipinski definition) is 1. The summed E-state index contributed by atoms with van der Waals surface area (Å²) in [5.41, 5.74) is 4.87. The molecule has 0 saturated heterocycles. The van der Waals surface area contributed by atoms with Gasteiger partial charge in [0.25, 0.3) is 0 Å². The number of fused-ring (bicyclic) bond motifs is 1. The van der Waals surface area contributed by atoms with E-state index in [0.29, 0.717) is 11.3 Å². The third-order valence-electron chi connectivity index (χ3n) is 6.19. The van der Waals surface area contributed by atoms with Crippen molar-refractivity contribution in [3.63, 3.8) is 0 Å². The second-order valence-corrected chi connectivity index (χ2v) is 8.27. The number of hydrogen-bond acceptors (Lipinski definition) is 4. The molecule has 0 bridgehead atoms. The maximum Gasteiger partial charge on any atom is 0.235 e. The van der Waals surface area contributed by atoms with Crippen LogP contribution in [0.5, 0.6) is 11.5 Å². The number of carbonyl (C=O) groups excluding carboxylic acids is 2. The van der Waals surface area contributed by atoms with Crippen LogP contribution in [0.25, 0.3) is 11.1 Å². The molecule has 3 aromatic rings. The molecule has 5 nitrogen and oxygen atoms in total. The van der Waals surface area contributed by atoms with Gasteiger partial charge in [0.1, 0.15) is 0 Å². The molecule has 0 unspecified atom stereocenters. The first-order chi connectivity index (χ1) is 15.0. The molecule has 1 amide bonds. The number of carbonyl (C=O) groups is 2. The summed E-state index contributed by atoms with van der Waals surface area (Å²) in [6.07, 6.45) is 1.61. The molecule has 3 aromatic carbocycles. The molecular weight excluding hydrogens is 390 g/mol. The first-order valence-corrected chi connectivity index (χ1v) is 10.4. The lowest BCUT2D eigenvalue weighted by molar-refractivity contribution is -0.118. The third-order valence-corrected chi connectivity index (χ3v) is 6.19. The Morgan fingerprint density at radius 3 is 2.52 bits per heavy atom. The van der Waals surface area contributed by atoms with Crippen molar-refractivity contribution >= 4 is 17.4 Å². The van der Waals surface area contributed by atoms with Crippen molar-refractivity contribution in [2.24, 2.45) is 0 Å². The Labute approximate surface area is 181 Å². The Kier molecular flexibility index (Phi) is 4.54. The molecule has 0 spiro atoms. The zero-order valence-corrected chi connectivity index (χ0v) is 17.5. The molecule has 156 valence electrons. The van der Waals surface area contributed by atoms with Crippen LogP contribution in [0.4, 0.5) is 5.69 Å². The van der Waals surface area contributed by atoms with Crippen molar-refractivity contribution in [2.75, 3.05) is 12.1 Å². The maximum absolute atomic E-state index is 13.2. The molecular formula is C26H23NO4. The van der Waals surface area contributed by atoms with E-state index in [-0.39, 0.29) is 18.5 Å². The number of aryl methyl sites for hydroxylation is 1. The highest BCUT2D eigenvalue weighted by Crippen LogP contribution is 2.51. The fraction of sp³-hybridized carbons (Fsp3) is 0.231. The smallest absolute Gasteiger partial charge is 0.235 e. The van der Waals surface area contributed by atoms with Crippen LogP contribution in [0.3, 0.4) is 0 Å². The summed E-state index contributed by atoms with van der Waals surface area (Å²) in [7, 11) is 0. The zero-order valence-electron chi connectivity index (χ0n) is 17.5. The first kappa shape index (κ1) is 19.4. The average molecular weight is 413 g/mol. The summed E-state index contributed by atoms with van der Waals surface area (Å²) in [4.78, 5) is 25.0. The van der Waals surface area contributed by atoms with Crippen LogP contribution in [-0.2, 0) is 10.2 Å². The van der Waals surface area contributed by atoms with Crippen molar-refractivity contribution in [1.29, 1.82) is 0 Å². The molecule has 0 atom stereocenters. The van der Waals surface area contributed by atoms with Gasteiger partial charge in [0.05, 0.1) is 5.41 Å². The van der Waals surface area contributed by atoms with Gasteiger partial charge in [-0.2, -0.15) is 0 Å². The summed E-state index contributed by atoms with van der Waals surface area (Å²) in [5, 5.41) is 3.11. The van der Waals surface area contributed by atoms with Crippen molar-refractivity contribution in [3.05, 3.63) is 77.4 Å². The fourth-order valence-corrected chi connectivity index (χ4v) is 4.13. The SMILES string of the molecule is CC(=O)c1cccc(-c2cc(NC(=O)C3(c4ccc5c(c4)OCO5)CC3)ccc2C)c1. The summed E-state index contributed by atoms with van der Waals surface area (Å²) < 4.78 is 10.9. The summed E-state index contributed by atoms with van der Waals surface area (Å²) in [6, 6.07) is 19.2. The van der Waals surface area contributed by atoms with Crippen LogP contribution in [0.1, 0.15) is 41.3 Å². The Morgan fingerprint density at radius 2 is 1.74 bits per heavy atom. The molecule has 31 heavy (non-hydrogen) atoms. The number of Topliss-reactive ketones (excluding diaryl/α,β-unsaturated/α-hetero) is 1. The highest BCUT2D eigenvalue weighted by molar-refractivity contribution is 6.02. The van der Waals surface area contributed by atoms with Gasteiger partial charge in [0.2, 0.25) is 12.7 Å². The predicted molar refractivity (Wildman–Crippen MR) is 119 cm³/mol. The third kappa shape index (κ3) is 3.46. The van der Waals surface area contributed by atoms with Crippen molar-refractivity contribution < 1.29 is 19.1 Å². The lowest BCUT2D eigenvalue weighted by Crippen LogP contribution is -2.27. The van der Waals surface area contributed by atoms with E-state index in [1.807, 2.05) is 67.6 Å². The topological polar surface area (TPSA) is 64.6 Å². The number of anilines is 1. The number of amides is 1. The highest BCUT2D eigenvalue weighted by atomic mass is 16.7. The van der Waals surface area contributed by atoms with Crippen LogP contribution in [0.2, 0.25) is 0 Å². The molecule has 1 N–H and O–H groups in total. The minimum atomic E-state index is -0.527. The van der Waals surface area contributed by atoms with Gasteiger partial charge in [-0.1, -0.05) is 30.3 Å². The molecule has 5 rings (SSSR count). The number of benzene rings is 3. The summed E-state index contributed by atoms with van der Waals surface area (Å²) in [5.74, 6) is 1.43. The molecule has 1 aliphatic heterocycles. The second-order valence-electron chi connectivity index (χ2n) is 8.27. The van der Waals surface area contributed by atoms with Gasteiger partial charge in [0, 0.05) is 11.3 Å². The Hall–Kier alpha value is -3.60. The van der Waals surface area contributed by atoms with Crippen LogP contribution in [-0.4, -0.2) is 18.5 Å². The zero-order chi connectivity index (χ0) is 21.6. The molecule has 5 heteroatoms. The van der Waals surface area contributed by atoms with E-state index in [9.17, 15) is 9.59 Å². The van der Waals surface area contributed by atoms with E-state index in [0.717, 1.165) is 46.5 Å². The minimum absolute atomic E-state index is 0.0151. The normalized spacial score (nSPS) is 15.4. The van der Waals surface area contributed by atoms with Crippen LogP contribution in [0.15, 0.2) is 60.7 Å². The largest absolute Gasteiger partial charge is 0.454 e. The Morgan fingerprint density at radius 1 is 0.935 bits per heavy atom. The number of ketones is 1. The van der Waals surface area contributed by atoms with E-state index >= 15 is 0 Å². The number of ether oxygens (including phenoxy) is 2. The van der Waals surface area contributed by atoms with E-state index in [2.05, 4.69) is 5.32 Å². The van der Waals surface area contributed by atoms with Crippen molar-refractivity contribution in [1.82, 2.24) is 0 Å². The molecule has 1 fully saturated rings. The van der Waals surface area contributed by atoms with Crippen LogP contribution < -0.4 is 14.8 Å². The van der Waals surface area contributed by atoms with Crippen LogP contribution >= 0.6 is 0 Å². The lowest BCUT2D eigenvalue weighted by Gasteiger charge is -2.17. The molecule has 1 heterocycles. The van der Waals surface area contributed by atoms with Gasteiger partial charge in [-0.05, 0) is 79.3 Å². The van der Waals surface area contributed by atoms with Gasteiger partial charge in [-0.3, -0.25) is 9.59 Å². The highest BCUT2D eigenvalue weighted by Gasteiger charge is 2.51. The molecule has 1 saturated carbocycles. The van der Waals surface area contributed by atoms with Gasteiger partial charge < -0.3 is 14.8 Å². The van der Waals surface area contributed by atoms with E-state index < -0.39 is 5.41 Å². The predicted octanol–water partition coefficient (Wildman–Crippen LogP) is 5.26. The van der Waals surface area contributed by atoms with E-state index in [4.69, 9.17) is 9.47 Å².